The third-order valence-electron chi connectivity index (χ3n) is 7.02. The van der Waals surface area contributed by atoms with E-state index in [1.54, 1.807) is 5.57 Å². The van der Waals surface area contributed by atoms with E-state index in [0.29, 0.717) is 23.3 Å². The molecule has 0 spiro atoms. The van der Waals surface area contributed by atoms with Gasteiger partial charge < -0.3 is 15.5 Å². The van der Waals surface area contributed by atoms with Crippen molar-refractivity contribution in [2.24, 2.45) is 17.3 Å². The molecule has 0 amide bonds. The highest BCUT2D eigenvalue weighted by atomic mass is 35.5. The summed E-state index contributed by atoms with van der Waals surface area (Å²) in [5, 5.41) is 8.26. The summed E-state index contributed by atoms with van der Waals surface area (Å²) >= 11 is 6.19. The average molecular weight is 432 g/mol. The minimum absolute atomic E-state index is 0.308. The molecule has 2 atom stereocenters. The first-order valence-electron chi connectivity index (χ1n) is 12.0. The minimum atomic E-state index is 0.308. The average Bonchev–Trinajstić information content (AvgIpc) is 2.71. The maximum Gasteiger partial charge on any atom is 0.0296 e. The Kier molecular flexibility index (Phi) is 8.68. The molecule has 3 rings (SSSR count). The van der Waals surface area contributed by atoms with E-state index in [2.05, 4.69) is 73.6 Å². The molecule has 1 fully saturated rings. The normalized spacial score (nSPS) is 26.2. The van der Waals surface area contributed by atoms with Gasteiger partial charge in [-0.2, -0.15) is 0 Å². The Morgan fingerprint density at radius 1 is 1.30 bits per heavy atom. The van der Waals surface area contributed by atoms with Crippen LogP contribution in [-0.2, 0) is 0 Å². The van der Waals surface area contributed by atoms with Crippen LogP contribution >= 0.6 is 11.6 Å². The largest absolute Gasteiger partial charge is 0.385 e. The van der Waals surface area contributed by atoms with E-state index in [9.17, 15) is 0 Å². The van der Waals surface area contributed by atoms with Gasteiger partial charge in [-0.15, -0.1) is 0 Å². The van der Waals surface area contributed by atoms with Crippen LogP contribution in [0.5, 0.6) is 0 Å². The summed E-state index contributed by atoms with van der Waals surface area (Å²) in [4.78, 5) is 2.69. The molecule has 3 aliphatic rings. The van der Waals surface area contributed by atoms with E-state index in [4.69, 9.17) is 11.6 Å². The van der Waals surface area contributed by atoms with Gasteiger partial charge in [0.1, 0.15) is 0 Å². The molecule has 168 valence electrons. The van der Waals surface area contributed by atoms with Gasteiger partial charge in [0.05, 0.1) is 0 Å². The Morgan fingerprint density at radius 3 is 2.77 bits per heavy atom. The van der Waals surface area contributed by atoms with Crippen molar-refractivity contribution < 1.29 is 0 Å². The quantitative estimate of drug-likeness (QED) is 0.522. The first kappa shape index (κ1) is 23.6. The third kappa shape index (κ3) is 6.73. The van der Waals surface area contributed by atoms with Crippen LogP contribution in [-0.4, -0.2) is 43.7 Å². The van der Waals surface area contributed by atoms with Gasteiger partial charge >= 0.3 is 0 Å². The van der Waals surface area contributed by atoms with E-state index in [0.717, 1.165) is 37.5 Å². The van der Waals surface area contributed by atoms with Crippen LogP contribution in [0.4, 0.5) is 0 Å². The second-order valence-electron chi connectivity index (χ2n) is 10.3. The monoisotopic (exact) mass is 431 g/mol. The Labute approximate surface area is 189 Å². The van der Waals surface area contributed by atoms with Crippen molar-refractivity contribution in [1.82, 2.24) is 15.5 Å². The molecule has 2 aliphatic heterocycles. The van der Waals surface area contributed by atoms with Gasteiger partial charge in [0.15, 0.2) is 0 Å². The lowest BCUT2D eigenvalue weighted by molar-refractivity contribution is 0.0609. The molecule has 0 aromatic carbocycles. The topological polar surface area (TPSA) is 27.3 Å². The molecule has 1 aliphatic carbocycles. The molecule has 0 radical (unpaired) electrons. The molecule has 30 heavy (non-hydrogen) atoms. The van der Waals surface area contributed by atoms with E-state index >= 15 is 0 Å². The lowest BCUT2D eigenvalue weighted by Gasteiger charge is -2.47. The number of likely N-dealkylation sites (tertiary alicyclic amines) is 1. The predicted octanol–water partition coefficient (Wildman–Crippen LogP) is 5.62. The number of hydrogen-bond acceptors (Lipinski definition) is 3. The lowest BCUT2D eigenvalue weighted by atomic mass is 9.68. The summed E-state index contributed by atoms with van der Waals surface area (Å²) in [5.74, 6) is 1.30. The van der Waals surface area contributed by atoms with Crippen LogP contribution in [0.2, 0.25) is 0 Å². The minimum Gasteiger partial charge on any atom is -0.385 e. The molecule has 2 N–H and O–H groups in total. The Morgan fingerprint density at radius 2 is 2.13 bits per heavy atom. The summed E-state index contributed by atoms with van der Waals surface area (Å²) in [6.07, 6.45) is 17.1. The molecule has 0 aromatic heterocycles. The standard InChI is InChI=1S/C26H42ClN3/c1-20(2)25(29-16-7-9-23-8-5-6-15-28-23)18-30-17-14-24(26(3,4)19-30)21-10-12-22(27)13-11-21/h7-10,12,20,24-25,28-29H,5-6,11,13-19H2,1-4H3/b9-7+/t24?,25-/m0/s1. The number of nitrogens with one attached hydrogen (secondary N) is 2. The van der Waals surface area contributed by atoms with Crippen LogP contribution < -0.4 is 10.6 Å². The smallest absolute Gasteiger partial charge is 0.0296 e. The summed E-state index contributed by atoms with van der Waals surface area (Å²) in [5.41, 5.74) is 3.20. The van der Waals surface area contributed by atoms with Crippen molar-refractivity contribution in [2.45, 2.75) is 65.8 Å². The number of rotatable bonds is 8. The first-order chi connectivity index (χ1) is 14.3. The van der Waals surface area contributed by atoms with Crippen LogP contribution in [0.1, 0.15) is 59.8 Å². The number of hydrogen-bond donors (Lipinski definition) is 2. The molecule has 1 saturated heterocycles. The highest BCUT2D eigenvalue weighted by Gasteiger charge is 2.38. The maximum atomic E-state index is 6.19. The lowest BCUT2D eigenvalue weighted by Crippen LogP contribution is -2.52. The van der Waals surface area contributed by atoms with Crippen molar-refractivity contribution in [1.29, 1.82) is 0 Å². The predicted molar refractivity (Wildman–Crippen MR) is 131 cm³/mol. The summed E-state index contributed by atoms with van der Waals surface area (Å²) in [6.45, 7) is 15.1. The summed E-state index contributed by atoms with van der Waals surface area (Å²) in [6, 6.07) is 0.519. The molecule has 4 heteroatoms. The first-order valence-corrected chi connectivity index (χ1v) is 12.3. The number of piperidine rings is 1. The van der Waals surface area contributed by atoms with Gasteiger partial charge in [0.2, 0.25) is 0 Å². The molecule has 0 aromatic rings. The van der Waals surface area contributed by atoms with E-state index in [1.807, 2.05) is 0 Å². The third-order valence-corrected chi connectivity index (χ3v) is 7.33. The Hall–Kier alpha value is -1.03. The Balaban J connectivity index is 1.51. The molecule has 3 nitrogen and oxygen atoms in total. The fourth-order valence-corrected chi connectivity index (χ4v) is 5.37. The molecular weight excluding hydrogens is 390 g/mol. The molecule has 0 bridgehead atoms. The fraction of sp³-hybridized carbons (Fsp3) is 0.692. The number of nitrogens with zero attached hydrogens (tertiary/aromatic N) is 1. The van der Waals surface area contributed by atoms with Gasteiger partial charge in [-0.1, -0.05) is 63.1 Å². The van der Waals surface area contributed by atoms with E-state index in [1.165, 1.54) is 38.0 Å². The molecule has 0 saturated carbocycles. The van der Waals surface area contributed by atoms with E-state index < -0.39 is 0 Å². The molecular formula is C26H42ClN3. The highest BCUT2D eigenvalue weighted by Crippen LogP contribution is 2.42. The zero-order valence-corrected chi connectivity index (χ0v) is 20.3. The van der Waals surface area contributed by atoms with Crippen molar-refractivity contribution >= 4 is 11.6 Å². The van der Waals surface area contributed by atoms with Crippen molar-refractivity contribution in [3.05, 3.63) is 46.7 Å². The van der Waals surface area contributed by atoms with Crippen LogP contribution in [0, 0.1) is 17.3 Å². The van der Waals surface area contributed by atoms with Gasteiger partial charge in [-0.25, -0.2) is 0 Å². The van der Waals surface area contributed by atoms with Gasteiger partial charge in [0, 0.05) is 43.0 Å². The number of halogens is 1. The Bertz CT molecular complexity index is 686. The molecule has 1 unspecified atom stereocenters. The van der Waals surface area contributed by atoms with Crippen LogP contribution in [0.3, 0.4) is 0 Å². The second-order valence-corrected chi connectivity index (χ2v) is 10.8. The fourth-order valence-electron chi connectivity index (χ4n) is 5.22. The molecule has 2 heterocycles. The zero-order chi connectivity index (χ0) is 21.6. The van der Waals surface area contributed by atoms with Crippen molar-refractivity contribution in [3.63, 3.8) is 0 Å². The van der Waals surface area contributed by atoms with Crippen molar-refractivity contribution in [2.75, 3.05) is 32.7 Å². The van der Waals surface area contributed by atoms with Crippen LogP contribution in [0.15, 0.2) is 46.7 Å². The summed E-state index contributed by atoms with van der Waals surface area (Å²) < 4.78 is 0. The van der Waals surface area contributed by atoms with Gasteiger partial charge in [-0.3, -0.25) is 0 Å². The number of allylic oxidation sites excluding steroid dienone is 6. The maximum absolute atomic E-state index is 6.19. The highest BCUT2D eigenvalue weighted by molar-refractivity contribution is 6.29. The van der Waals surface area contributed by atoms with Gasteiger partial charge in [0.25, 0.3) is 0 Å². The summed E-state index contributed by atoms with van der Waals surface area (Å²) in [7, 11) is 0. The van der Waals surface area contributed by atoms with E-state index in [-0.39, 0.29) is 0 Å². The second kappa shape index (κ2) is 11.0. The van der Waals surface area contributed by atoms with Crippen LogP contribution in [0.25, 0.3) is 0 Å². The SMILES string of the molecule is CC(C)[C@H](CN1CCC(C2=CC=C(Cl)CC2)C(C)(C)C1)NC/C=C/C1=CCCCN1. The van der Waals surface area contributed by atoms with Crippen molar-refractivity contribution in [3.8, 4) is 0 Å². The zero-order valence-electron chi connectivity index (χ0n) is 19.5. The van der Waals surface area contributed by atoms with Gasteiger partial charge in [-0.05, 0) is 68.1 Å².